The molecule has 1 aliphatic rings. The van der Waals surface area contributed by atoms with Gasteiger partial charge in [0.25, 0.3) is 11.5 Å². The number of nitrogens with zero attached hydrogens (tertiary/aromatic N) is 2. The van der Waals surface area contributed by atoms with Gasteiger partial charge in [0.2, 0.25) is 0 Å². The standard InChI is InChI=1S/C19H23N3O3/c1-14-5-7-15(8-6-14)12-22-9-3-4-16(19(22)24)20-18(23)17-13-21(2)10-11-25-17/h3-9,17H,10-13H2,1-2H3,(H,20,23). The van der Waals surface area contributed by atoms with Crippen molar-refractivity contribution >= 4 is 11.6 Å². The first-order chi connectivity index (χ1) is 12.0. The van der Waals surface area contributed by atoms with Gasteiger partial charge in [-0.05, 0) is 31.7 Å². The van der Waals surface area contributed by atoms with E-state index in [0.29, 0.717) is 19.7 Å². The number of anilines is 1. The van der Waals surface area contributed by atoms with Gasteiger partial charge in [0.1, 0.15) is 11.8 Å². The molecule has 1 N–H and O–H groups in total. The molecule has 1 aromatic carbocycles. The summed E-state index contributed by atoms with van der Waals surface area (Å²) >= 11 is 0. The topological polar surface area (TPSA) is 63.6 Å². The van der Waals surface area contributed by atoms with Crippen molar-refractivity contribution in [3.8, 4) is 0 Å². The van der Waals surface area contributed by atoms with Gasteiger partial charge in [0.05, 0.1) is 13.2 Å². The van der Waals surface area contributed by atoms with Crippen LogP contribution < -0.4 is 10.9 Å². The van der Waals surface area contributed by atoms with Gasteiger partial charge in [-0.1, -0.05) is 29.8 Å². The van der Waals surface area contributed by atoms with Gasteiger partial charge in [-0.15, -0.1) is 0 Å². The van der Waals surface area contributed by atoms with Gasteiger partial charge in [0, 0.05) is 19.3 Å². The van der Waals surface area contributed by atoms with Crippen molar-refractivity contribution < 1.29 is 9.53 Å². The number of benzene rings is 1. The fraction of sp³-hybridized carbons (Fsp3) is 0.368. The Labute approximate surface area is 147 Å². The highest BCUT2D eigenvalue weighted by atomic mass is 16.5. The Morgan fingerprint density at radius 1 is 1.28 bits per heavy atom. The van der Waals surface area contributed by atoms with E-state index in [9.17, 15) is 9.59 Å². The number of aromatic nitrogens is 1. The van der Waals surface area contributed by atoms with Crippen LogP contribution in [0.4, 0.5) is 5.69 Å². The van der Waals surface area contributed by atoms with Crippen molar-refractivity contribution in [1.82, 2.24) is 9.47 Å². The zero-order chi connectivity index (χ0) is 17.8. The number of carbonyl (C=O) groups excluding carboxylic acids is 1. The molecule has 2 aromatic rings. The number of ether oxygens (including phenoxy) is 1. The highest BCUT2D eigenvalue weighted by Crippen LogP contribution is 2.08. The van der Waals surface area contributed by atoms with E-state index in [1.165, 1.54) is 5.56 Å². The summed E-state index contributed by atoms with van der Waals surface area (Å²) in [6.07, 6.45) is 1.17. The molecule has 0 aliphatic carbocycles. The van der Waals surface area contributed by atoms with E-state index >= 15 is 0 Å². The summed E-state index contributed by atoms with van der Waals surface area (Å²) in [7, 11) is 1.94. The van der Waals surface area contributed by atoms with Crippen LogP contribution in [0.3, 0.4) is 0 Å². The van der Waals surface area contributed by atoms with Gasteiger partial charge >= 0.3 is 0 Å². The molecular weight excluding hydrogens is 318 g/mol. The molecule has 6 heteroatoms. The second-order valence-electron chi connectivity index (χ2n) is 6.45. The van der Waals surface area contributed by atoms with E-state index in [1.807, 2.05) is 43.1 Å². The molecule has 0 bridgehead atoms. The van der Waals surface area contributed by atoms with Crippen molar-refractivity contribution in [1.29, 1.82) is 0 Å². The van der Waals surface area contributed by atoms with E-state index in [1.54, 1.807) is 22.9 Å². The molecule has 1 aliphatic heterocycles. The fourth-order valence-electron chi connectivity index (χ4n) is 2.80. The zero-order valence-electron chi connectivity index (χ0n) is 14.6. The largest absolute Gasteiger partial charge is 0.366 e. The SMILES string of the molecule is Cc1ccc(Cn2cccc(NC(=O)C3CN(C)CCO3)c2=O)cc1. The Hall–Kier alpha value is -2.44. The molecule has 2 heterocycles. The van der Waals surface area contributed by atoms with E-state index in [-0.39, 0.29) is 17.2 Å². The predicted molar refractivity (Wildman–Crippen MR) is 96.8 cm³/mol. The third-order valence-electron chi connectivity index (χ3n) is 4.31. The number of pyridine rings is 1. The van der Waals surface area contributed by atoms with E-state index in [2.05, 4.69) is 5.32 Å². The molecule has 25 heavy (non-hydrogen) atoms. The summed E-state index contributed by atoms with van der Waals surface area (Å²) < 4.78 is 7.09. The summed E-state index contributed by atoms with van der Waals surface area (Å²) in [5, 5.41) is 2.71. The van der Waals surface area contributed by atoms with Crippen LogP contribution in [0.15, 0.2) is 47.4 Å². The van der Waals surface area contributed by atoms with Crippen LogP contribution in [0.5, 0.6) is 0 Å². The first-order valence-corrected chi connectivity index (χ1v) is 8.39. The molecule has 1 unspecified atom stereocenters. The minimum absolute atomic E-state index is 0.222. The first-order valence-electron chi connectivity index (χ1n) is 8.39. The minimum Gasteiger partial charge on any atom is -0.366 e. The minimum atomic E-state index is -0.552. The molecule has 1 fully saturated rings. The Morgan fingerprint density at radius 2 is 2.04 bits per heavy atom. The highest BCUT2D eigenvalue weighted by Gasteiger charge is 2.25. The van der Waals surface area contributed by atoms with Crippen LogP contribution in [0.1, 0.15) is 11.1 Å². The molecule has 132 valence electrons. The molecule has 0 saturated carbocycles. The average Bonchev–Trinajstić information content (AvgIpc) is 2.60. The smallest absolute Gasteiger partial charge is 0.274 e. The van der Waals surface area contributed by atoms with Crippen LogP contribution in [-0.2, 0) is 16.1 Å². The molecule has 1 atom stereocenters. The maximum atomic E-state index is 12.6. The van der Waals surface area contributed by atoms with E-state index < -0.39 is 6.10 Å². The lowest BCUT2D eigenvalue weighted by molar-refractivity contribution is -0.132. The van der Waals surface area contributed by atoms with Gasteiger partial charge in [-0.25, -0.2) is 0 Å². The Bertz CT molecular complexity index is 798. The number of likely N-dealkylation sites (N-methyl/N-ethyl adjacent to an activating group) is 1. The normalized spacial score (nSPS) is 18.1. The molecule has 3 rings (SSSR count). The Balaban J connectivity index is 1.73. The Kier molecular flexibility index (Phi) is 5.31. The zero-order valence-corrected chi connectivity index (χ0v) is 14.6. The fourth-order valence-corrected chi connectivity index (χ4v) is 2.80. The molecule has 1 aromatic heterocycles. The van der Waals surface area contributed by atoms with Gasteiger partial charge in [-0.3, -0.25) is 9.59 Å². The number of amides is 1. The van der Waals surface area contributed by atoms with Gasteiger partial charge < -0.3 is 19.5 Å². The van der Waals surface area contributed by atoms with Crippen LogP contribution in [0, 0.1) is 6.92 Å². The molecule has 0 radical (unpaired) electrons. The summed E-state index contributed by atoms with van der Waals surface area (Å²) in [5.74, 6) is -0.281. The lowest BCUT2D eigenvalue weighted by Gasteiger charge is -2.29. The van der Waals surface area contributed by atoms with Gasteiger partial charge in [0.15, 0.2) is 0 Å². The lowest BCUT2D eigenvalue weighted by Crippen LogP contribution is -2.46. The number of rotatable bonds is 4. The van der Waals surface area contributed by atoms with Crippen molar-refractivity contribution in [2.24, 2.45) is 0 Å². The quantitative estimate of drug-likeness (QED) is 0.915. The molecule has 6 nitrogen and oxygen atoms in total. The van der Waals surface area contributed by atoms with Crippen LogP contribution in [-0.4, -0.2) is 48.2 Å². The van der Waals surface area contributed by atoms with Crippen LogP contribution >= 0.6 is 0 Å². The molecule has 0 spiro atoms. The molecule has 1 amide bonds. The van der Waals surface area contributed by atoms with Crippen molar-refractivity contribution in [3.63, 3.8) is 0 Å². The second kappa shape index (κ2) is 7.63. The lowest BCUT2D eigenvalue weighted by atomic mass is 10.1. The number of carbonyl (C=O) groups is 1. The number of morpholine rings is 1. The summed E-state index contributed by atoms with van der Waals surface area (Å²) in [4.78, 5) is 27.0. The maximum absolute atomic E-state index is 12.6. The average molecular weight is 341 g/mol. The predicted octanol–water partition coefficient (Wildman–Crippen LogP) is 1.47. The second-order valence-corrected chi connectivity index (χ2v) is 6.45. The van der Waals surface area contributed by atoms with Crippen molar-refractivity contribution in [3.05, 3.63) is 64.1 Å². The third-order valence-corrected chi connectivity index (χ3v) is 4.31. The van der Waals surface area contributed by atoms with E-state index in [0.717, 1.165) is 12.1 Å². The number of nitrogens with one attached hydrogen (secondary N) is 1. The number of hydrogen-bond acceptors (Lipinski definition) is 4. The first kappa shape index (κ1) is 17.4. The number of hydrogen-bond donors (Lipinski definition) is 1. The summed E-state index contributed by atoms with van der Waals surface area (Å²) in [5.41, 5.74) is 2.26. The van der Waals surface area contributed by atoms with Crippen molar-refractivity contribution in [2.45, 2.75) is 19.6 Å². The Morgan fingerprint density at radius 3 is 2.76 bits per heavy atom. The number of aryl methyl sites for hydroxylation is 1. The maximum Gasteiger partial charge on any atom is 0.274 e. The monoisotopic (exact) mass is 341 g/mol. The van der Waals surface area contributed by atoms with Crippen LogP contribution in [0.25, 0.3) is 0 Å². The molecular formula is C19H23N3O3. The van der Waals surface area contributed by atoms with E-state index in [4.69, 9.17) is 4.74 Å². The highest BCUT2D eigenvalue weighted by molar-refractivity contribution is 5.94. The van der Waals surface area contributed by atoms with Crippen LogP contribution in [0.2, 0.25) is 0 Å². The van der Waals surface area contributed by atoms with Gasteiger partial charge in [-0.2, -0.15) is 0 Å². The molecule has 1 saturated heterocycles. The summed E-state index contributed by atoms with van der Waals surface area (Å²) in [6, 6.07) is 11.4. The third kappa shape index (κ3) is 4.35. The summed E-state index contributed by atoms with van der Waals surface area (Å²) in [6.45, 7) is 4.33. The van der Waals surface area contributed by atoms with Crippen molar-refractivity contribution in [2.75, 3.05) is 32.1 Å².